The zero-order valence-corrected chi connectivity index (χ0v) is 25.6. The standard InChI is InChI=1S/C28H22Cl4N4O5S/c1-17-2-7-24(8-3-17)42(39,40)36(15-18-4-9-25(31)26(32)10-18)16-23-6-5-22(41-23)14-33-35-28(38)27(37)34-21-12-19(29)11-20(30)13-21/h2-14H,15-16H2,1H3,(H,34,37)(H,35,38)/b33-14+. The number of carbonyl (C=O) groups excluding carboxylic acids is 2. The zero-order valence-electron chi connectivity index (χ0n) is 21.8. The van der Waals surface area contributed by atoms with Crippen molar-refractivity contribution in [1.82, 2.24) is 9.73 Å². The van der Waals surface area contributed by atoms with E-state index in [0.717, 1.165) is 5.56 Å². The minimum Gasteiger partial charge on any atom is -0.459 e. The summed E-state index contributed by atoms with van der Waals surface area (Å²) in [7, 11) is -3.95. The normalized spacial score (nSPS) is 11.7. The van der Waals surface area contributed by atoms with Crippen molar-refractivity contribution in [3.8, 4) is 0 Å². The first-order chi connectivity index (χ1) is 19.9. The summed E-state index contributed by atoms with van der Waals surface area (Å²) in [6, 6.07) is 18.8. The fourth-order valence-corrected chi connectivity index (χ4v) is 5.91. The topological polar surface area (TPSA) is 121 Å². The third kappa shape index (κ3) is 8.34. The Bertz CT molecular complexity index is 1740. The molecule has 3 aromatic carbocycles. The number of sulfonamides is 1. The van der Waals surface area contributed by atoms with Crippen LogP contribution in [0.2, 0.25) is 20.1 Å². The van der Waals surface area contributed by atoms with Crippen LogP contribution in [-0.2, 0) is 32.7 Å². The molecule has 2 N–H and O–H groups in total. The first-order valence-electron chi connectivity index (χ1n) is 12.1. The maximum atomic E-state index is 13.6. The third-order valence-electron chi connectivity index (χ3n) is 5.70. The summed E-state index contributed by atoms with van der Waals surface area (Å²) in [6.07, 6.45) is 1.17. The fraction of sp³-hybridized carbons (Fsp3) is 0.107. The van der Waals surface area contributed by atoms with Crippen molar-refractivity contribution in [2.24, 2.45) is 5.10 Å². The third-order valence-corrected chi connectivity index (χ3v) is 8.68. The van der Waals surface area contributed by atoms with E-state index < -0.39 is 21.8 Å². The maximum Gasteiger partial charge on any atom is 0.329 e. The van der Waals surface area contributed by atoms with E-state index >= 15 is 0 Å². The first kappa shape index (κ1) is 31.6. The van der Waals surface area contributed by atoms with E-state index in [2.05, 4.69) is 15.8 Å². The van der Waals surface area contributed by atoms with Crippen LogP contribution in [0.3, 0.4) is 0 Å². The van der Waals surface area contributed by atoms with Crippen LogP contribution in [0.5, 0.6) is 0 Å². The van der Waals surface area contributed by atoms with E-state index in [-0.39, 0.29) is 39.5 Å². The molecule has 4 rings (SSSR count). The molecule has 0 aliphatic rings. The molecule has 9 nitrogen and oxygen atoms in total. The number of nitrogens with zero attached hydrogens (tertiary/aromatic N) is 2. The molecule has 0 saturated carbocycles. The van der Waals surface area contributed by atoms with Crippen LogP contribution in [0.15, 0.2) is 87.2 Å². The van der Waals surface area contributed by atoms with Crippen molar-refractivity contribution in [3.63, 3.8) is 0 Å². The van der Waals surface area contributed by atoms with Gasteiger partial charge in [0, 0.05) is 22.3 Å². The molecule has 42 heavy (non-hydrogen) atoms. The van der Waals surface area contributed by atoms with Gasteiger partial charge >= 0.3 is 11.8 Å². The summed E-state index contributed by atoms with van der Waals surface area (Å²) >= 11 is 24.0. The molecule has 2 amide bonds. The summed E-state index contributed by atoms with van der Waals surface area (Å²) in [5.41, 5.74) is 3.86. The molecule has 0 aliphatic heterocycles. The van der Waals surface area contributed by atoms with Gasteiger partial charge in [0.2, 0.25) is 10.0 Å². The van der Waals surface area contributed by atoms with Crippen LogP contribution in [0.4, 0.5) is 5.69 Å². The number of anilines is 1. The Morgan fingerprint density at radius 2 is 1.55 bits per heavy atom. The van der Waals surface area contributed by atoms with Crippen molar-refractivity contribution < 1.29 is 22.4 Å². The van der Waals surface area contributed by atoms with Gasteiger partial charge in [-0.05, 0) is 67.1 Å². The number of halogens is 4. The van der Waals surface area contributed by atoms with E-state index in [1.165, 1.54) is 46.9 Å². The quantitative estimate of drug-likeness (QED) is 0.117. The molecule has 1 heterocycles. The average molecular weight is 668 g/mol. The molecule has 4 aromatic rings. The highest BCUT2D eigenvalue weighted by atomic mass is 35.5. The predicted molar refractivity (Wildman–Crippen MR) is 164 cm³/mol. The highest BCUT2D eigenvalue weighted by Gasteiger charge is 2.26. The summed E-state index contributed by atoms with van der Waals surface area (Å²) in [4.78, 5) is 24.4. The number of benzene rings is 3. The number of hydrogen-bond acceptors (Lipinski definition) is 6. The van der Waals surface area contributed by atoms with Gasteiger partial charge in [-0.15, -0.1) is 0 Å². The van der Waals surface area contributed by atoms with Gasteiger partial charge in [0.1, 0.15) is 11.5 Å². The Labute approximate surface area is 262 Å². The SMILES string of the molecule is Cc1ccc(S(=O)(=O)N(Cc2ccc(Cl)c(Cl)c2)Cc2ccc(/C=N/NC(=O)C(=O)Nc3cc(Cl)cc(Cl)c3)o2)cc1. The average Bonchev–Trinajstić information content (AvgIpc) is 3.37. The Balaban J connectivity index is 1.46. The number of nitrogens with one attached hydrogen (secondary N) is 2. The highest BCUT2D eigenvalue weighted by Crippen LogP contribution is 2.27. The molecular formula is C28H22Cl4N4O5S. The van der Waals surface area contributed by atoms with E-state index in [0.29, 0.717) is 21.4 Å². The summed E-state index contributed by atoms with van der Waals surface area (Å²) in [6.45, 7) is 1.72. The summed E-state index contributed by atoms with van der Waals surface area (Å²) < 4.78 is 34.1. The van der Waals surface area contributed by atoms with Crippen molar-refractivity contribution in [1.29, 1.82) is 0 Å². The highest BCUT2D eigenvalue weighted by molar-refractivity contribution is 7.89. The molecule has 0 spiro atoms. The molecule has 0 radical (unpaired) electrons. The maximum absolute atomic E-state index is 13.6. The molecule has 0 bridgehead atoms. The molecule has 1 aromatic heterocycles. The van der Waals surface area contributed by atoms with Crippen molar-refractivity contribution in [3.05, 3.63) is 116 Å². The minimum atomic E-state index is -3.95. The second kappa shape index (κ2) is 13.7. The number of aryl methyl sites for hydroxylation is 1. The molecular weight excluding hydrogens is 646 g/mol. The van der Waals surface area contributed by atoms with Crippen LogP contribution in [0.25, 0.3) is 0 Å². The van der Waals surface area contributed by atoms with Gasteiger partial charge in [0.05, 0.1) is 27.7 Å². The minimum absolute atomic E-state index is 0.0137. The lowest BCUT2D eigenvalue weighted by molar-refractivity contribution is -0.136. The summed E-state index contributed by atoms with van der Waals surface area (Å²) in [5.74, 6) is -1.54. The lowest BCUT2D eigenvalue weighted by Crippen LogP contribution is -2.32. The van der Waals surface area contributed by atoms with Crippen LogP contribution in [0.1, 0.15) is 22.6 Å². The second-order valence-corrected chi connectivity index (χ2v) is 12.6. The van der Waals surface area contributed by atoms with Gasteiger partial charge in [0.15, 0.2) is 0 Å². The first-order valence-corrected chi connectivity index (χ1v) is 15.1. The number of amides is 2. The Morgan fingerprint density at radius 3 is 2.21 bits per heavy atom. The molecule has 0 atom stereocenters. The molecule has 0 unspecified atom stereocenters. The molecule has 0 saturated heterocycles. The Hall–Kier alpha value is -3.38. The molecule has 0 fully saturated rings. The number of carbonyl (C=O) groups is 2. The number of hydrogen-bond donors (Lipinski definition) is 2. The number of hydrazone groups is 1. The van der Waals surface area contributed by atoms with E-state index in [4.69, 9.17) is 50.8 Å². The molecule has 0 aliphatic carbocycles. The Morgan fingerprint density at radius 1 is 0.857 bits per heavy atom. The van der Waals surface area contributed by atoms with Crippen molar-refractivity contribution >= 4 is 80.1 Å². The molecule has 14 heteroatoms. The summed E-state index contributed by atoms with van der Waals surface area (Å²) in [5, 5.41) is 7.31. The fourth-order valence-electron chi connectivity index (χ4n) is 3.67. The van der Waals surface area contributed by atoms with Gasteiger partial charge in [0.25, 0.3) is 0 Å². The van der Waals surface area contributed by atoms with Crippen molar-refractivity contribution in [2.45, 2.75) is 24.9 Å². The largest absolute Gasteiger partial charge is 0.459 e. The lowest BCUT2D eigenvalue weighted by atomic mass is 10.2. The van der Waals surface area contributed by atoms with Crippen LogP contribution in [0, 0.1) is 6.92 Å². The monoisotopic (exact) mass is 666 g/mol. The van der Waals surface area contributed by atoms with Gasteiger partial charge in [-0.25, -0.2) is 13.8 Å². The second-order valence-electron chi connectivity index (χ2n) is 8.95. The predicted octanol–water partition coefficient (Wildman–Crippen LogP) is 6.68. The van der Waals surface area contributed by atoms with Crippen molar-refractivity contribution in [2.75, 3.05) is 5.32 Å². The Kier molecular flexibility index (Phi) is 10.3. The van der Waals surface area contributed by atoms with E-state index in [9.17, 15) is 18.0 Å². The van der Waals surface area contributed by atoms with E-state index in [1.807, 2.05) is 6.92 Å². The van der Waals surface area contributed by atoms with E-state index in [1.54, 1.807) is 36.4 Å². The van der Waals surface area contributed by atoms with Crippen LogP contribution >= 0.6 is 46.4 Å². The number of furan rings is 1. The van der Waals surface area contributed by atoms with Crippen LogP contribution in [-0.4, -0.2) is 30.8 Å². The molecule has 218 valence electrons. The van der Waals surface area contributed by atoms with Gasteiger partial charge < -0.3 is 9.73 Å². The number of rotatable bonds is 9. The van der Waals surface area contributed by atoms with Crippen LogP contribution < -0.4 is 10.7 Å². The lowest BCUT2D eigenvalue weighted by Gasteiger charge is -2.22. The smallest absolute Gasteiger partial charge is 0.329 e. The van der Waals surface area contributed by atoms with Gasteiger partial charge in [-0.3, -0.25) is 9.59 Å². The van der Waals surface area contributed by atoms with Gasteiger partial charge in [-0.1, -0.05) is 70.2 Å². The van der Waals surface area contributed by atoms with Gasteiger partial charge in [-0.2, -0.15) is 9.41 Å². The zero-order chi connectivity index (χ0) is 30.4.